The number of nitrogens with zero attached hydrogens (tertiary/aromatic N) is 3. The van der Waals surface area contributed by atoms with Gasteiger partial charge in [-0.25, -0.2) is 4.39 Å². The highest BCUT2D eigenvalue weighted by molar-refractivity contribution is 7.98. The van der Waals surface area contributed by atoms with E-state index in [4.69, 9.17) is 4.74 Å². The summed E-state index contributed by atoms with van der Waals surface area (Å²) in [5, 5.41) is 9.31. The second-order valence-corrected chi connectivity index (χ2v) is 6.61. The molecule has 6 heteroatoms. The molecule has 0 aliphatic rings. The highest BCUT2D eigenvalue weighted by atomic mass is 32.2. The molecule has 1 heterocycles. The summed E-state index contributed by atoms with van der Waals surface area (Å²) in [6.07, 6.45) is 0. The molecular weight excluding hydrogens is 337 g/mol. The lowest BCUT2D eigenvalue weighted by Crippen LogP contribution is -2.07. The molecule has 2 aromatic carbocycles. The quantitative estimate of drug-likeness (QED) is 0.579. The van der Waals surface area contributed by atoms with Gasteiger partial charge >= 0.3 is 0 Å². The maximum absolute atomic E-state index is 13.3. The number of hydrogen-bond donors (Lipinski definition) is 0. The molecule has 0 radical (unpaired) electrons. The first-order valence-corrected chi connectivity index (χ1v) is 9.13. The summed E-state index contributed by atoms with van der Waals surface area (Å²) in [4.78, 5) is 0. The van der Waals surface area contributed by atoms with E-state index in [1.165, 1.54) is 11.6 Å². The Morgan fingerprint density at radius 3 is 2.64 bits per heavy atom. The lowest BCUT2D eigenvalue weighted by molar-refractivity contribution is 0.288. The maximum atomic E-state index is 13.3. The Balaban J connectivity index is 1.64. The largest absolute Gasteiger partial charge is 0.486 e. The van der Waals surface area contributed by atoms with Crippen LogP contribution in [0.3, 0.4) is 0 Å². The fourth-order valence-electron chi connectivity index (χ4n) is 2.41. The standard InChI is InChI=1S/C19H20FN3OS/c1-3-23-18(12-24-17-9-7-14(2)8-10-17)21-22-19(23)25-13-15-5-4-6-16(20)11-15/h4-11H,3,12-13H2,1-2H3. The van der Waals surface area contributed by atoms with Gasteiger partial charge in [0.05, 0.1) is 0 Å². The zero-order valence-corrected chi connectivity index (χ0v) is 15.1. The Bertz CT molecular complexity index is 833. The molecule has 0 saturated heterocycles. The second-order valence-electron chi connectivity index (χ2n) is 5.66. The Hall–Kier alpha value is -2.34. The van der Waals surface area contributed by atoms with E-state index in [0.29, 0.717) is 12.4 Å². The minimum Gasteiger partial charge on any atom is -0.486 e. The summed E-state index contributed by atoms with van der Waals surface area (Å²) in [6, 6.07) is 14.5. The first kappa shape index (κ1) is 17.5. The number of rotatable bonds is 7. The molecule has 0 aliphatic carbocycles. The average Bonchev–Trinajstić information content (AvgIpc) is 3.01. The van der Waals surface area contributed by atoms with Crippen molar-refractivity contribution in [1.29, 1.82) is 0 Å². The Morgan fingerprint density at radius 2 is 1.92 bits per heavy atom. The number of ether oxygens (including phenoxy) is 1. The minimum absolute atomic E-state index is 0.220. The summed E-state index contributed by atoms with van der Waals surface area (Å²) in [6.45, 7) is 5.21. The number of aryl methyl sites for hydroxylation is 1. The molecule has 3 aromatic rings. The monoisotopic (exact) mass is 357 g/mol. The Labute approximate surface area is 151 Å². The summed E-state index contributed by atoms with van der Waals surface area (Å²) < 4.78 is 21.1. The second kappa shape index (κ2) is 8.16. The molecule has 0 fully saturated rings. The number of hydrogen-bond acceptors (Lipinski definition) is 4. The minimum atomic E-state index is -0.220. The van der Waals surface area contributed by atoms with Gasteiger partial charge in [-0.15, -0.1) is 10.2 Å². The van der Waals surface area contributed by atoms with E-state index < -0.39 is 0 Å². The molecular formula is C19H20FN3OS. The number of thioether (sulfide) groups is 1. The van der Waals surface area contributed by atoms with E-state index in [0.717, 1.165) is 28.8 Å². The number of benzene rings is 2. The SMILES string of the molecule is CCn1c(COc2ccc(C)cc2)nnc1SCc1cccc(F)c1. The van der Waals surface area contributed by atoms with Crippen LogP contribution >= 0.6 is 11.8 Å². The van der Waals surface area contributed by atoms with Crippen molar-refractivity contribution in [2.45, 2.75) is 37.9 Å². The van der Waals surface area contributed by atoms with Crippen LogP contribution in [0.4, 0.5) is 4.39 Å². The van der Waals surface area contributed by atoms with Gasteiger partial charge in [0.2, 0.25) is 0 Å². The van der Waals surface area contributed by atoms with Crippen LogP contribution in [-0.2, 0) is 18.9 Å². The van der Waals surface area contributed by atoms with Crippen molar-refractivity contribution in [3.8, 4) is 5.75 Å². The molecule has 0 amide bonds. The first-order valence-electron chi connectivity index (χ1n) is 8.14. The predicted molar refractivity (Wildman–Crippen MR) is 97.2 cm³/mol. The van der Waals surface area contributed by atoms with Gasteiger partial charge in [0.15, 0.2) is 11.0 Å². The van der Waals surface area contributed by atoms with Crippen LogP contribution in [0.2, 0.25) is 0 Å². The average molecular weight is 357 g/mol. The molecule has 0 atom stereocenters. The van der Waals surface area contributed by atoms with Crippen LogP contribution in [0, 0.1) is 12.7 Å². The van der Waals surface area contributed by atoms with Gasteiger partial charge in [0.1, 0.15) is 18.2 Å². The molecule has 0 saturated carbocycles. The smallest absolute Gasteiger partial charge is 0.191 e. The summed E-state index contributed by atoms with van der Waals surface area (Å²) in [5.41, 5.74) is 2.12. The molecule has 3 rings (SSSR count). The van der Waals surface area contributed by atoms with Crippen molar-refractivity contribution in [1.82, 2.24) is 14.8 Å². The number of halogens is 1. The highest BCUT2D eigenvalue weighted by Crippen LogP contribution is 2.23. The molecule has 0 aliphatic heterocycles. The van der Waals surface area contributed by atoms with E-state index in [9.17, 15) is 4.39 Å². The normalized spacial score (nSPS) is 10.8. The summed E-state index contributed by atoms with van der Waals surface area (Å²) >= 11 is 1.55. The van der Waals surface area contributed by atoms with Crippen molar-refractivity contribution in [2.75, 3.05) is 0 Å². The van der Waals surface area contributed by atoms with Crippen LogP contribution in [0.5, 0.6) is 5.75 Å². The topological polar surface area (TPSA) is 39.9 Å². The zero-order valence-electron chi connectivity index (χ0n) is 14.3. The van der Waals surface area contributed by atoms with Crippen LogP contribution in [-0.4, -0.2) is 14.8 Å². The van der Waals surface area contributed by atoms with E-state index in [1.54, 1.807) is 23.9 Å². The lowest BCUT2D eigenvalue weighted by Gasteiger charge is -2.09. The molecule has 0 unspecified atom stereocenters. The van der Waals surface area contributed by atoms with Crippen molar-refractivity contribution in [3.05, 3.63) is 71.3 Å². The summed E-state index contributed by atoms with van der Waals surface area (Å²) in [5.74, 6) is 2.02. The molecule has 0 spiro atoms. The van der Waals surface area contributed by atoms with Gasteiger partial charge in [-0.1, -0.05) is 41.6 Å². The van der Waals surface area contributed by atoms with Crippen molar-refractivity contribution < 1.29 is 9.13 Å². The molecule has 4 nitrogen and oxygen atoms in total. The number of aromatic nitrogens is 3. The lowest BCUT2D eigenvalue weighted by atomic mass is 10.2. The van der Waals surface area contributed by atoms with Gasteiger partial charge in [0, 0.05) is 12.3 Å². The third-order valence-corrected chi connectivity index (χ3v) is 4.79. The van der Waals surface area contributed by atoms with Crippen LogP contribution < -0.4 is 4.74 Å². The molecule has 130 valence electrons. The third-order valence-electron chi connectivity index (χ3n) is 3.76. The van der Waals surface area contributed by atoms with Crippen molar-refractivity contribution >= 4 is 11.8 Å². The van der Waals surface area contributed by atoms with E-state index in [1.807, 2.05) is 48.7 Å². The molecule has 1 aromatic heterocycles. The third kappa shape index (κ3) is 4.60. The van der Waals surface area contributed by atoms with Crippen molar-refractivity contribution in [3.63, 3.8) is 0 Å². The fourth-order valence-corrected chi connectivity index (χ4v) is 3.37. The van der Waals surface area contributed by atoms with Gasteiger partial charge in [-0.3, -0.25) is 0 Å². The molecule has 0 bridgehead atoms. The highest BCUT2D eigenvalue weighted by Gasteiger charge is 2.12. The van der Waals surface area contributed by atoms with Gasteiger partial charge in [-0.05, 0) is 43.7 Å². The Kier molecular flexibility index (Phi) is 5.71. The van der Waals surface area contributed by atoms with Crippen LogP contribution in [0.15, 0.2) is 53.7 Å². The fraction of sp³-hybridized carbons (Fsp3) is 0.263. The summed E-state index contributed by atoms with van der Waals surface area (Å²) in [7, 11) is 0. The van der Waals surface area contributed by atoms with Gasteiger partial charge < -0.3 is 9.30 Å². The van der Waals surface area contributed by atoms with Gasteiger partial charge in [-0.2, -0.15) is 0 Å². The van der Waals surface area contributed by atoms with E-state index in [2.05, 4.69) is 10.2 Å². The van der Waals surface area contributed by atoms with E-state index >= 15 is 0 Å². The van der Waals surface area contributed by atoms with Crippen molar-refractivity contribution in [2.24, 2.45) is 0 Å². The van der Waals surface area contributed by atoms with Gasteiger partial charge in [0.25, 0.3) is 0 Å². The zero-order chi connectivity index (χ0) is 17.6. The first-order chi connectivity index (χ1) is 12.2. The predicted octanol–water partition coefficient (Wildman–Crippen LogP) is 4.62. The Morgan fingerprint density at radius 1 is 1.12 bits per heavy atom. The molecule has 25 heavy (non-hydrogen) atoms. The molecule has 0 N–H and O–H groups in total. The maximum Gasteiger partial charge on any atom is 0.191 e. The van der Waals surface area contributed by atoms with Crippen LogP contribution in [0.25, 0.3) is 0 Å². The van der Waals surface area contributed by atoms with E-state index in [-0.39, 0.29) is 5.82 Å². The van der Waals surface area contributed by atoms with Crippen LogP contribution in [0.1, 0.15) is 23.9 Å².